The van der Waals surface area contributed by atoms with Gasteiger partial charge in [-0.25, -0.2) is 9.97 Å². The minimum Gasteiger partial charge on any atom is -0.381 e. The second-order valence-corrected chi connectivity index (χ2v) is 19.1. The maximum absolute atomic E-state index is 14.0. The first-order valence-electron chi connectivity index (χ1n) is 22.9. The van der Waals surface area contributed by atoms with Crippen molar-refractivity contribution in [2.45, 2.75) is 116 Å². The number of halogens is 1. The van der Waals surface area contributed by atoms with Crippen molar-refractivity contribution in [2.75, 3.05) is 43.5 Å². The predicted octanol–water partition coefficient (Wildman–Crippen LogP) is 8.98. The number of hydrogen-bond donors (Lipinski definition) is 2. The van der Waals surface area contributed by atoms with Crippen LogP contribution in [0.2, 0.25) is 5.02 Å². The molecule has 2 saturated carbocycles. The Morgan fingerprint density at radius 3 is 2.26 bits per heavy atom. The summed E-state index contributed by atoms with van der Waals surface area (Å²) in [4.78, 5) is 42.3. The molecule has 2 N–H and O–H groups in total. The van der Waals surface area contributed by atoms with E-state index in [0.29, 0.717) is 28.4 Å². The summed E-state index contributed by atoms with van der Waals surface area (Å²) in [7, 11) is 4.05. The summed E-state index contributed by atoms with van der Waals surface area (Å²) < 4.78 is 9.77. The van der Waals surface area contributed by atoms with Gasteiger partial charge in [0.05, 0.1) is 27.8 Å². The van der Waals surface area contributed by atoms with E-state index in [4.69, 9.17) is 26.3 Å². The Labute approximate surface area is 366 Å². The number of ketones is 1. The Bertz CT molecular complexity index is 2330. The van der Waals surface area contributed by atoms with E-state index in [9.17, 15) is 9.59 Å². The van der Waals surface area contributed by atoms with Crippen LogP contribution in [-0.2, 0) is 56.0 Å². The lowest BCUT2D eigenvalue weighted by molar-refractivity contribution is -0.128. The van der Waals surface area contributed by atoms with Crippen LogP contribution >= 0.6 is 11.6 Å². The Kier molecular flexibility index (Phi) is 11.8. The number of carbonyl (C=O) groups excluding carboxylic acids is 2. The molecule has 5 aliphatic rings. The number of carbonyl (C=O) groups is 2. The highest BCUT2D eigenvalue weighted by molar-refractivity contribution is 6.36. The number of amides is 1. The molecule has 11 nitrogen and oxygen atoms in total. The van der Waals surface area contributed by atoms with Crippen molar-refractivity contribution in [3.05, 3.63) is 88.0 Å². The van der Waals surface area contributed by atoms with E-state index in [1.807, 2.05) is 41.9 Å². The van der Waals surface area contributed by atoms with Crippen molar-refractivity contribution in [2.24, 2.45) is 24.9 Å². The summed E-state index contributed by atoms with van der Waals surface area (Å²) in [5, 5.41) is 7.37. The maximum atomic E-state index is 14.0. The SMILES string of the molecule is C=C(Nc1cccc(-c2cccc(NC(=O)c3nc4c(n3C)CCN(C3CCOCC3)C4)c2CCC)c1Cl)c1nc2c(n1C)CCN(CC13CCC(C(=O)CCC)(CC1)C3)C2. The van der Waals surface area contributed by atoms with Crippen LogP contribution in [0.25, 0.3) is 16.8 Å². The lowest BCUT2D eigenvalue weighted by atomic mass is 9.78. The largest absolute Gasteiger partial charge is 0.381 e. The third kappa shape index (κ3) is 7.89. The number of imidazole rings is 2. The monoisotopic (exact) mass is 846 g/mol. The van der Waals surface area contributed by atoms with E-state index in [1.165, 1.54) is 18.5 Å². The Morgan fingerprint density at radius 2 is 1.52 bits per heavy atom. The predicted molar refractivity (Wildman–Crippen MR) is 243 cm³/mol. The van der Waals surface area contributed by atoms with Crippen LogP contribution in [0.3, 0.4) is 0 Å². The molecule has 2 aromatic carbocycles. The van der Waals surface area contributed by atoms with Gasteiger partial charge in [-0.05, 0) is 86.5 Å². The standard InChI is InChI=1S/C49H63ClN8O3/c1-6-10-35-34(12-8-14-37(35)54-47(60)46-53-40-29-58(25-17-42(40)56(46)5)33-18-26-61-27-19-33)36-13-9-15-38(44(36)50)51-32(3)45-52-39-28-57(24-16-41(39)55(45)4)31-48-20-22-49(30-48,23-21-48)43(59)11-7-2/h8-9,12-15,33,51H,3,6-7,10-11,16-31H2,1-2,4-5H3,(H,54,60). The number of anilines is 2. The smallest absolute Gasteiger partial charge is 0.291 e. The van der Waals surface area contributed by atoms with Gasteiger partial charge in [0.1, 0.15) is 5.78 Å². The topological polar surface area (TPSA) is 110 Å². The van der Waals surface area contributed by atoms with Crippen LogP contribution in [0.15, 0.2) is 43.0 Å². The number of fused-ring (bicyclic) bond motifs is 4. The normalized spacial score (nSPS) is 22.9. The van der Waals surface area contributed by atoms with E-state index in [1.54, 1.807) is 0 Å². The van der Waals surface area contributed by atoms with E-state index < -0.39 is 0 Å². The summed E-state index contributed by atoms with van der Waals surface area (Å²) in [6.45, 7) is 14.9. The fourth-order valence-corrected chi connectivity index (χ4v) is 12.0. The summed E-state index contributed by atoms with van der Waals surface area (Å²) in [5.41, 5.74) is 9.82. The second kappa shape index (κ2) is 17.1. The molecule has 0 unspecified atom stereocenters. The molecule has 4 aromatic rings. The van der Waals surface area contributed by atoms with Crippen molar-refractivity contribution in [1.29, 1.82) is 0 Å². The lowest BCUT2D eigenvalue weighted by Crippen LogP contribution is -2.42. The van der Waals surface area contributed by atoms with E-state index in [2.05, 4.69) is 58.5 Å². The quantitative estimate of drug-likeness (QED) is 0.130. The molecule has 0 spiro atoms. The van der Waals surface area contributed by atoms with Gasteiger partial charge in [0.15, 0.2) is 11.6 Å². The van der Waals surface area contributed by atoms with Gasteiger partial charge in [-0.15, -0.1) is 0 Å². The van der Waals surface area contributed by atoms with E-state index in [-0.39, 0.29) is 16.7 Å². The molecule has 9 rings (SSSR count). The van der Waals surface area contributed by atoms with Gasteiger partial charge in [-0.1, -0.05) is 62.7 Å². The number of benzene rings is 2. The minimum atomic E-state index is -0.208. The van der Waals surface area contributed by atoms with Crippen LogP contribution in [0.5, 0.6) is 0 Å². The van der Waals surface area contributed by atoms with Crippen LogP contribution in [-0.4, -0.2) is 79.5 Å². The van der Waals surface area contributed by atoms with Gasteiger partial charge in [-0.3, -0.25) is 19.4 Å². The van der Waals surface area contributed by atoms with Crippen LogP contribution in [0, 0.1) is 10.8 Å². The molecular formula is C49H63ClN8O3. The molecule has 12 heteroatoms. The van der Waals surface area contributed by atoms with Crippen molar-refractivity contribution in [3.8, 4) is 11.1 Å². The Balaban J connectivity index is 0.894. The van der Waals surface area contributed by atoms with Gasteiger partial charge in [0, 0.05) is 113 Å². The highest BCUT2D eigenvalue weighted by atomic mass is 35.5. The first-order chi connectivity index (χ1) is 29.5. The number of aromatic nitrogens is 4. The van der Waals surface area contributed by atoms with Crippen molar-refractivity contribution < 1.29 is 14.3 Å². The Hall–Kier alpha value is -4.29. The fraction of sp³-hybridized carbons (Fsp3) is 0.551. The lowest BCUT2D eigenvalue weighted by Gasteiger charge is -2.36. The zero-order valence-electron chi connectivity index (χ0n) is 36.7. The highest BCUT2D eigenvalue weighted by Crippen LogP contribution is 2.62. The van der Waals surface area contributed by atoms with Crippen LogP contribution in [0.4, 0.5) is 11.4 Å². The van der Waals surface area contributed by atoms with Gasteiger partial charge < -0.3 is 24.5 Å². The summed E-state index contributed by atoms with van der Waals surface area (Å²) >= 11 is 7.30. The zero-order valence-corrected chi connectivity index (χ0v) is 37.4. The molecule has 1 saturated heterocycles. The molecule has 61 heavy (non-hydrogen) atoms. The molecule has 5 heterocycles. The molecule has 2 aromatic heterocycles. The zero-order chi connectivity index (χ0) is 42.5. The first kappa shape index (κ1) is 42.0. The summed E-state index contributed by atoms with van der Waals surface area (Å²) in [5.74, 6) is 1.55. The molecule has 324 valence electrons. The average Bonchev–Trinajstić information content (AvgIpc) is 4.02. The number of Topliss-reactive ketones (excluding diaryl/α,β-unsaturated/α-hetero) is 1. The van der Waals surface area contributed by atoms with Crippen molar-refractivity contribution in [1.82, 2.24) is 28.9 Å². The van der Waals surface area contributed by atoms with Crippen molar-refractivity contribution >= 4 is 40.4 Å². The third-order valence-corrected chi connectivity index (χ3v) is 15.3. The second-order valence-electron chi connectivity index (χ2n) is 18.7. The maximum Gasteiger partial charge on any atom is 0.291 e. The van der Waals surface area contributed by atoms with Crippen LogP contribution < -0.4 is 10.6 Å². The molecule has 0 radical (unpaired) electrons. The summed E-state index contributed by atoms with van der Waals surface area (Å²) in [6, 6.07) is 12.6. The van der Waals surface area contributed by atoms with E-state index >= 15 is 0 Å². The molecular weight excluding hydrogens is 784 g/mol. The van der Waals surface area contributed by atoms with Gasteiger partial charge in [0.2, 0.25) is 0 Å². The first-order valence-corrected chi connectivity index (χ1v) is 23.2. The summed E-state index contributed by atoms with van der Waals surface area (Å²) in [6.07, 6.45) is 12.8. The molecule has 2 aliphatic carbocycles. The number of nitrogens with one attached hydrogen (secondary N) is 2. The molecule has 3 fully saturated rings. The van der Waals surface area contributed by atoms with Gasteiger partial charge >= 0.3 is 0 Å². The third-order valence-electron chi connectivity index (χ3n) is 14.9. The molecule has 0 atom stereocenters. The fourth-order valence-electron chi connectivity index (χ4n) is 11.7. The molecule has 3 aliphatic heterocycles. The number of hydrogen-bond acceptors (Lipinski definition) is 8. The number of rotatable bonds is 14. The molecule has 1 amide bonds. The van der Waals surface area contributed by atoms with Crippen LogP contribution in [0.1, 0.15) is 123 Å². The number of ether oxygens (including phenoxy) is 1. The van der Waals surface area contributed by atoms with Gasteiger partial charge in [0.25, 0.3) is 5.91 Å². The Morgan fingerprint density at radius 1 is 0.852 bits per heavy atom. The van der Waals surface area contributed by atoms with E-state index in [0.717, 1.165) is 168 Å². The average molecular weight is 848 g/mol. The van der Waals surface area contributed by atoms with Crippen molar-refractivity contribution in [3.63, 3.8) is 0 Å². The highest BCUT2D eigenvalue weighted by Gasteiger charge is 2.57. The van der Waals surface area contributed by atoms with Gasteiger partial charge in [-0.2, -0.15) is 0 Å². The number of nitrogens with zero attached hydrogens (tertiary/aromatic N) is 6. The molecule has 2 bridgehead atoms. The minimum absolute atomic E-state index is 0.0540.